The number of anilines is 1. The van der Waals surface area contributed by atoms with Crippen LogP contribution in [0.1, 0.15) is 10.4 Å². The molecule has 0 bridgehead atoms. The Kier molecular flexibility index (Phi) is 5.64. The maximum Gasteiger partial charge on any atom is 0.319 e. The molecule has 0 fully saturated rings. The van der Waals surface area contributed by atoms with Gasteiger partial charge in [-0.05, 0) is 24.3 Å². The molecule has 21 heavy (non-hydrogen) atoms. The first-order valence-corrected chi connectivity index (χ1v) is 7.50. The van der Waals surface area contributed by atoms with Crippen LogP contribution in [-0.4, -0.2) is 12.6 Å². The van der Waals surface area contributed by atoms with Crippen molar-refractivity contribution in [3.05, 3.63) is 51.2 Å². The minimum absolute atomic E-state index is 0.278. The normalized spacial score (nSPS) is 9.62. The Morgan fingerprint density at radius 1 is 1.38 bits per heavy atom. The maximum absolute atomic E-state index is 11.8. The van der Waals surface area contributed by atoms with Gasteiger partial charge >= 0.3 is 6.03 Å². The number of carbonyl (C=O) groups is 1. The number of carbonyl (C=O) groups excluding carboxylic acids is 1. The van der Waals surface area contributed by atoms with Crippen molar-refractivity contribution in [2.75, 3.05) is 11.9 Å². The van der Waals surface area contributed by atoms with Crippen molar-refractivity contribution in [2.45, 2.75) is 6.54 Å². The molecule has 6 heteroatoms. The Labute approximate surface area is 132 Å². The van der Waals surface area contributed by atoms with Crippen molar-refractivity contribution >= 4 is 34.7 Å². The molecule has 1 heterocycles. The molecule has 0 atom stereocenters. The molecule has 4 nitrogen and oxygen atoms in total. The highest BCUT2D eigenvalue weighted by Crippen LogP contribution is 2.15. The fourth-order valence-electron chi connectivity index (χ4n) is 1.60. The van der Waals surface area contributed by atoms with Gasteiger partial charge in [0, 0.05) is 26.5 Å². The van der Waals surface area contributed by atoms with E-state index in [1.54, 1.807) is 35.6 Å². The third-order valence-corrected chi connectivity index (χ3v) is 3.67. The van der Waals surface area contributed by atoms with Crippen molar-refractivity contribution < 1.29 is 4.79 Å². The van der Waals surface area contributed by atoms with Gasteiger partial charge in [-0.15, -0.1) is 11.3 Å². The van der Waals surface area contributed by atoms with Crippen LogP contribution in [-0.2, 0) is 6.54 Å². The van der Waals surface area contributed by atoms with E-state index in [4.69, 9.17) is 17.3 Å². The van der Waals surface area contributed by atoms with E-state index in [2.05, 4.69) is 22.5 Å². The van der Waals surface area contributed by atoms with Crippen LogP contribution in [0.5, 0.6) is 0 Å². The lowest BCUT2D eigenvalue weighted by molar-refractivity contribution is 0.252. The number of amides is 2. The Bertz CT molecular complexity index is 687. The quantitative estimate of drug-likeness (QED) is 0.761. The van der Waals surface area contributed by atoms with Crippen LogP contribution in [0.25, 0.3) is 0 Å². The van der Waals surface area contributed by atoms with Gasteiger partial charge in [0.1, 0.15) is 0 Å². The molecule has 0 unspecified atom stereocenters. The molecule has 0 aliphatic heterocycles. The molecule has 0 aliphatic carbocycles. The maximum atomic E-state index is 11.8. The van der Waals surface area contributed by atoms with E-state index in [1.165, 1.54) is 0 Å². The summed E-state index contributed by atoms with van der Waals surface area (Å²) >= 11 is 7.40. The largest absolute Gasteiger partial charge is 0.333 e. The number of nitrogens with two attached hydrogens (primary N) is 1. The summed E-state index contributed by atoms with van der Waals surface area (Å²) in [5.74, 6) is 5.74. The van der Waals surface area contributed by atoms with Crippen LogP contribution in [0.3, 0.4) is 0 Å². The summed E-state index contributed by atoms with van der Waals surface area (Å²) < 4.78 is 0. The number of hydrogen-bond acceptors (Lipinski definition) is 3. The predicted octanol–water partition coefficient (Wildman–Crippen LogP) is 3.03. The van der Waals surface area contributed by atoms with E-state index in [0.717, 1.165) is 10.4 Å². The molecule has 2 amide bonds. The van der Waals surface area contributed by atoms with E-state index in [9.17, 15) is 4.79 Å². The van der Waals surface area contributed by atoms with Crippen LogP contribution in [0.15, 0.2) is 35.7 Å². The molecule has 2 aromatic rings. The zero-order chi connectivity index (χ0) is 15.1. The minimum Gasteiger partial charge on any atom is -0.333 e. The lowest BCUT2D eigenvalue weighted by Gasteiger charge is -2.06. The smallest absolute Gasteiger partial charge is 0.319 e. The van der Waals surface area contributed by atoms with Gasteiger partial charge in [-0.2, -0.15) is 0 Å². The predicted molar refractivity (Wildman–Crippen MR) is 87.6 cm³/mol. The van der Waals surface area contributed by atoms with Crippen LogP contribution < -0.4 is 16.4 Å². The van der Waals surface area contributed by atoms with Crippen LogP contribution >= 0.6 is 22.9 Å². The molecule has 4 N–H and O–H groups in total. The molecular weight excluding hydrogens is 306 g/mol. The van der Waals surface area contributed by atoms with Gasteiger partial charge in [-0.3, -0.25) is 0 Å². The molecule has 0 spiro atoms. The van der Waals surface area contributed by atoms with Gasteiger partial charge in [-0.25, -0.2) is 4.79 Å². The minimum atomic E-state index is -0.278. The fraction of sp³-hybridized carbons (Fsp3) is 0.133. The molecule has 0 saturated heterocycles. The average molecular weight is 320 g/mol. The second-order valence-electron chi connectivity index (χ2n) is 4.13. The highest BCUT2D eigenvalue weighted by Gasteiger charge is 2.03. The topological polar surface area (TPSA) is 67.1 Å². The number of urea groups is 1. The number of hydrogen-bond donors (Lipinski definition) is 3. The van der Waals surface area contributed by atoms with Crippen molar-refractivity contribution in [3.63, 3.8) is 0 Å². The second kappa shape index (κ2) is 7.70. The number of benzene rings is 1. The van der Waals surface area contributed by atoms with E-state index >= 15 is 0 Å². The fourth-order valence-corrected chi connectivity index (χ4v) is 2.55. The molecule has 1 aromatic heterocycles. The lowest BCUT2D eigenvalue weighted by atomic mass is 10.3. The summed E-state index contributed by atoms with van der Waals surface area (Å²) in [7, 11) is 0. The number of nitrogens with one attached hydrogen (secondary N) is 2. The van der Waals surface area contributed by atoms with Crippen molar-refractivity contribution in [2.24, 2.45) is 5.73 Å². The highest BCUT2D eigenvalue weighted by molar-refractivity contribution is 7.10. The molecule has 0 saturated carbocycles. The Hall–Kier alpha value is -2.00. The molecule has 108 valence electrons. The van der Waals surface area contributed by atoms with Gasteiger partial charge < -0.3 is 16.4 Å². The van der Waals surface area contributed by atoms with Crippen molar-refractivity contribution in [1.82, 2.24) is 5.32 Å². The van der Waals surface area contributed by atoms with E-state index in [1.807, 2.05) is 11.4 Å². The molecule has 0 radical (unpaired) electrons. The van der Waals surface area contributed by atoms with Gasteiger partial charge in [0.05, 0.1) is 13.1 Å². The summed E-state index contributed by atoms with van der Waals surface area (Å²) in [6.45, 7) is 0.785. The summed E-state index contributed by atoms with van der Waals surface area (Å²) in [4.78, 5) is 12.8. The molecular formula is C15H14ClN3OS. The molecule has 0 aliphatic rings. The number of thiophene rings is 1. The molecule has 1 aromatic carbocycles. The SMILES string of the molecule is NCC#Cc1csc(CNC(=O)Nc2cccc(Cl)c2)c1. The van der Waals surface area contributed by atoms with E-state index in [0.29, 0.717) is 23.8 Å². The third kappa shape index (κ3) is 5.12. The van der Waals surface area contributed by atoms with Crippen LogP contribution in [0.2, 0.25) is 5.02 Å². The Morgan fingerprint density at radius 3 is 3.00 bits per heavy atom. The van der Waals surface area contributed by atoms with Gasteiger partial charge in [-0.1, -0.05) is 29.5 Å². The second-order valence-corrected chi connectivity index (χ2v) is 5.56. The van der Waals surface area contributed by atoms with Crippen LogP contribution in [0, 0.1) is 11.8 Å². The van der Waals surface area contributed by atoms with Gasteiger partial charge in [0.15, 0.2) is 0 Å². The van der Waals surface area contributed by atoms with Gasteiger partial charge in [0.2, 0.25) is 0 Å². The lowest BCUT2D eigenvalue weighted by Crippen LogP contribution is -2.27. The first kappa shape index (κ1) is 15.4. The molecule has 2 rings (SSSR count). The number of halogens is 1. The average Bonchev–Trinajstić information content (AvgIpc) is 2.91. The highest BCUT2D eigenvalue weighted by atomic mass is 35.5. The van der Waals surface area contributed by atoms with Crippen LogP contribution in [0.4, 0.5) is 10.5 Å². The Balaban J connectivity index is 1.85. The summed E-state index contributed by atoms with van der Waals surface area (Å²) in [6, 6.07) is 8.65. The van der Waals surface area contributed by atoms with E-state index < -0.39 is 0 Å². The van der Waals surface area contributed by atoms with Crippen molar-refractivity contribution in [3.8, 4) is 11.8 Å². The van der Waals surface area contributed by atoms with Crippen molar-refractivity contribution in [1.29, 1.82) is 0 Å². The Morgan fingerprint density at radius 2 is 2.24 bits per heavy atom. The monoisotopic (exact) mass is 319 g/mol. The zero-order valence-corrected chi connectivity index (χ0v) is 12.7. The standard InChI is InChI=1S/C15H14ClN3OS/c16-12-4-1-5-13(8-12)19-15(20)18-9-14-7-11(10-21-14)3-2-6-17/h1,4-5,7-8,10H,6,9,17H2,(H2,18,19,20). The third-order valence-electron chi connectivity index (χ3n) is 2.49. The summed E-state index contributed by atoms with van der Waals surface area (Å²) in [5, 5.41) is 8.02. The summed E-state index contributed by atoms with van der Waals surface area (Å²) in [5.41, 5.74) is 6.89. The van der Waals surface area contributed by atoms with E-state index in [-0.39, 0.29) is 6.03 Å². The number of rotatable bonds is 3. The first-order valence-electron chi connectivity index (χ1n) is 6.24. The zero-order valence-electron chi connectivity index (χ0n) is 11.2. The first-order chi connectivity index (χ1) is 10.2. The van der Waals surface area contributed by atoms with Gasteiger partial charge in [0.25, 0.3) is 0 Å². The summed E-state index contributed by atoms with van der Waals surface area (Å²) in [6.07, 6.45) is 0.